The van der Waals surface area contributed by atoms with E-state index < -0.39 is 8.32 Å². The fourth-order valence-corrected chi connectivity index (χ4v) is 10.0. The zero-order chi connectivity index (χ0) is 13.9. The smallest absolute Gasteiger partial charge is 0.200 e. The van der Waals surface area contributed by atoms with Crippen molar-refractivity contribution in [3.8, 4) is 0 Å². The van der Waals surface area contributed by atoms with E-state index in [0.29, 0.717) is 28.0 Å². The molecule has 0 spiro atoms. The van der Waals surface area contributed by atoms with E-state index in [4.69, 9.17) is 17.1 Å². The summed E-state index contributed by atoms with van der Waals surface area (Å²) in [6, 6.07) is 0. The first-order chi connectivity index (χ1) is 8.32. The van der Waals surface area contributed by atoms with Crippen molar-refractivity contribution >= 4 is 20.9 Å². The van der Waals surface area contributed by atoms with Crippen LogP contribution in [0.4, 0.5) is 0 Å². The molecule has 108 valence electrons. The van der Waals surface area contributed by atoms with Crippen LogP contribution in [0.5, 0.6) is 0 Å². The molecule has 1 aliphatic rings. The minimum atomic E-state index is -1.71. The van der Waals surface area contributed by atoms with Crippen LogP contribution in [0.2, 0.25) is 16.6 Å². The van der Waals surface area contributed by atoms with Crippen LogP contribution in [-0.4, -0.2) is 19.7 Å². The van der Waals surface area contributed by atoms with Crippen molar-refractivity contribution in [2.75, 3.05) is 0 Å². The molecule has 2 atom stereocenters. The Morgan fingerprint density at radius 2 is 1.33 bits per heavy atom. The van der Waals surface area contributed by atoms with Gasteiger partial charge < -0.3 is 4.43 Å². The third kappa shape index (κ3) is 3.34. The van der Waals surface area contributed by atoms with Crippen LogP contribution in [0.25, 0.3) is 0 Å². The standard InChI is InChI=1S/C15H32OSSi/c1-11(2)18(12(3)4,13(5)6)16-14-9-7-8-10-15(14)17/h11-15,17H,7-10H2,1-6H3/t14-,15-/m1/s1. The molecule has 0 amide bonds. The normalized spacial score (nSPS) is 26.3. The zero-order valence-corrected chi connectivity index (χ0v) is 15.0. The van der Waals surface area contributed by atoms with Gasteiger partial charge in [-0.1, -0.05) is 54.4 Å². The molecular formula is C15H32OSSi. The van der Waals surface area contributed by atoms with Gasteiger partial charge in [-0.05, 0) is 29.5 Å². The number of thiol groups is 1. The first-order valence-corrected chi connectivity index (χ1v) is 10.3. The van der Waals surface area contributed by atoms with E-state index in [2.05, 4.69) is 41.5 Å². The summed E-state index contributed by atoms with van der Waals surface area (Å²) < 4.78 is 6.84. The molecule has 0 aromatic rings. The van der Waals surface area contributed by atoms with Crippen molar-refractivity contribution in [2.24, 2.45) is 0 Å². The Balaban J connectivity index is 2.89. The zero-order valence-electron chi connectivity index (χ0n) is 13.1. The predicted molar refractivity (Wildman–Crippen MR) is 87.2 cm³/mol. The molecule has 0 radical (unpaired) electrons. The Bertz CT molecular complexity index is 231. The average molecular weight is 289 g/mol. The van der Waals surface area contributed by atoms with Crippen LogP contribution in [0.3, 0.4) is 0 Å². The van der Waals surface area contributed by atoms with Crippen LogP contribution in [0.1, 0.15) is 67.2 Å². The van der Waals surface area contributed by atoms with Gasteiger partial charge in [0.15, 0.2) is 0 Å². The quantitative estimate of drug-likeness (QED) is 0.525. The highest BCUT2D eigenvalue weighted by Gasteiger charge is 2.47. The second kappa shape index (κ2) is 6.80. The maximum atomic E-state index is 6.84. The van der Waals surface area contributed by atoms with Gasteiger partial charge in [0.05, 0.1) is 6.10 Å². The highest BCUT2D eigenvalue weighted by atomic mass is 32.1. The molecule has 0 N–H and O–H groups in total. The van der Waals surface area contributed by atoms with Crippen molar-refractivity contribution in [1.82, 2.24) is 0 Å². The molecule has 0 aromatic carbocycles. The van der Waals surface area contributed by atoms with Crippen LogP contribution >= 0.6 is 12.6 Å². The SMILES string of the molecule is CC(C)[Si](O[C@@H]1CCCC[C@H]1S)(C(C)C)C(C)C. The third-order valence-electron chi connectivity index (χ3n) is 4.73. The van der Waals surface area contributed by atoms with E-state index in [-0.39, 0.29) is 0 Å². The Hall–Kier alpha value is 0.527. The molecule has 1 aliphatic carbocycles. The molecule has 0 aliphatic heterocycles. The maximum absolute atomic E-state index is 6.84. The van der Waals surface area contributed by atoms with Gasteiger partial charge in [0.2, 0.25) is 8.32 Å². The summed E-state index contributed by atoms with van der Waals surface area (Å²) in [6.45, 7) is 14.2. The summed E-state index contributed by atoms with van der Waals surface area (Å²) in [5.41, 5.74) is 2.04. The molecule has 0 saturated heterocycles. The fraction of sp³-hybridized carbons (Fsp3) is 1.00. The first kappa shape index (κ1) is 16.6. The van der Waals surface area contributed by atoms with E-state index in [9.17, 15) is 0 Å². The van der Waals surface area contributed by atoms with Crippen LogP contribution < -0.4 is 0 Å². The molecule has 1 nitrogen and oxygen atoms in total. The number of rotatable bonds is 5. The molecular weight excluding hydrogens is 256 g/mol. The molecule has 0 heterocycles. The van der Waals surface area contributed by atoms with Crippen molar-refractivity contribution in [3.05, 3.63) is 0 Å². The molecule has 0 bridgehead atoms. The van der Waals surface area contributed by atoms with Gasteiger partial charge in [0, 0.05) is 5.25 Å². The maximum Gasteiger partial charge on any atom is 0.200 e. The summed E-state index contributed by atoms with van der Waals surface area (Å²) in [5.74, 6) is 0. The molecule has 0 unspecified atom stereocenters. The summed E-state index contributed by atoms with van der Waals surface area (Å²) >= 11 is 4.77. The van der Waals surface area contributed by atoms with Gasteiger partial charge in [0.1, 0.15) is 0 Å². The Kier molecular flexibility index (Phi) is 6.27. The first-order valence-electron chi connectivity index (χ1n) is 7.68. The van der Waals surface area contributed by atoms with Crippen LogP contribution in [-0.2, 0) is 4.43 Å². The predicted octanol–water partition coefficient (Wildman–Crippen LogP) is 5.42. The molecule has 18 heavy (non-hydrogen) atoms. The number of hydrogen-bond donors (Lipinski definition) is 1. The van der Waals surface area contributed by atoms with Gasteiger partial charge in [-0.25, -0.2) is 0 Å². The summed E-state index contributed by atoms with van der Waals surface area (Å²) in [4.78, 5) is 0. The topological polar surface area (TPSA) is 9.23 Å². The van der Waals surface area contributed by atoms with Gasteiger partial charge >= 0.3 is 0 Å². The lowest BCUT2D eigenvalue weighted by molar-refractivity contribution is 0.139. The second-order valence-corrected chi connectivity index (χ2v) is 12.9. The van der Waals surface area contributed by atoms with Gasteiger partial charge in [-0.2, -0.15) is 12.6 Å². The summed E-state index contributed by atoms with van der Waals surface area (Å²) in [5, 5.41) is 0.460. The summed E-state index contributed by atoms with van der Waals surface area (Å²) in [7, 11) is -1.71. The van der Waals surface area contributed by atoms with Crippen molar-refractivity contribution in [3.63, 3.8) is 0 Å². The Morgan fingerprint density at radius 1 is 0.889 bits per heavy atom. The van der Waals surface area contributed by atoms with Crippen LogP contribution in [0, 0.1) is 0 Å². The van der Waals surface area contributed by atoms with E-state index in [0.717, 1.165) is 0 Å². The van der Waals surface area contributed by atoms with Crippen molar-refractivity contribution in [1.29, 1.82) is 0 Å². The van der Waals surface area contributed by atoms with E-state index in [1.54, 1.807) is 0 Å². The van der Waals surface area contributed by atoms with Gasteiger partial charge in [-0.15, -0.1) is 0 Å². The lowest BCUT2D eigenvalue weighted by Gasteiger charge is -2.46. The monoisotopic (exact) mass is 288 g/mol. The number of hydrogen-bond acceptors (Lipinski definition) is 2. The fourth-order valence-electron chi connectivity index (χ4n) is 3.89. The van der Waals surface area contributed by atoms with Gasteiger partial charge in [-0.3, -0.25) is 0 Å². The minimum absolute atomic E-state index is 0.404. The largest absolute Gasteiger partial charge is 0.412 e. The third-order valence-corrected chi connectivity index (χ3v) is 11.4. The lowest BCUT2D eigenvalue weighted by atomic mass is 9.97. The van der Waals surface area contributed by atoms with Crippen molar-refractivity contribution < 1.29 is 4.43 Å². The highest BCUT2D eigenvalue weighted by molar-refractivity contribution is 7.81. The van der Waals surface area contributed by atoms with Crippen LogP contribution in [0.15, 0.2) is 0 Å². The van der Waals surface area contributed by atoms with Crippen molar-refractivity contribution in [2.45, 2.75) is 95.2 Å². The van der Waals surface area contributed by atoms with E-state index in [1.165, 1.54) is 25.7 Å². The van der Waals surface area contributed by atoms with E-state index >= 15 is 0 Å². The lowest BCUT2D eigenvalue weighted by Crippen LogP contribution is -2.52. The van der Waals surface area contributed by atoms with E-state index in [1.807, 2.05) is 0 Å². The second-order valence-electron chi connectivity index (χ2n) is 6.83. The summed E-state index contributed by atoms with van der Waals surface area (Å²) in [6.07, 6.45) is 5.50. The highest BCUT2D eigenvalue weighted by Crippen LogP contribution is 2.44. The molecule has 1 saturated carbocycles. The van der Waals surface area contributed by atoms with Gasteiger partial charge in [0.25, 0.3) is 0 Å². The molecule has 1 fully saturated rings. The Morgan fingerprint density at radius 3 is 1.72 bits per heavy atom. The molecule has 3 heteroatoms. The Labute approximate surface area is 121 Å². The average Bonchev–Trinajstić information content (AvgIpc) is 2.26. The minimum Gasteiger partial charge on any atom is -0.412 e. The molecule has 1 rings (SSSR count). The molecule has 0 aromatic heterocycles.